The third kappa shape index (κ3) is 4.82. The van der Waals surface area contributed by atoms with Crippen molar-refractivity contribution in [2.45, 2.75) is 0 Å². The average Bonchev–Trinajstić information content (AvgIpc) is 1.81. The van der Waals surface area contributed by atoms with Gasteiger partial charge < -0.3 is 0 Å². The highest BCUT2D eigenvalue weighted by molar-refractivity contribution is 5.79. The van der Waals surface area contributed by atoms with Crippen molar-refractivity contribution in [3.05, 3.63) is 25.4 Å². The Hall–Kier alpha value is -1.18. The Balaban J connectivity index is 3.41. The monoisotopic (exact) mass is 108 g/mol. The van der Waals surface area contributed by atoms with E-state index >= 15 is 0 Å². The number of aliphatic imine (C=N–C) groups is 2. The van der Waals surface area contributed by atoms with Crippen LogP contribution in [0.15, 0.2) is 35.4 Å². The van der Waals surface area contributed by atoms with Crippen LogP contribution in [-0.2, 0) is 0 Å². The summed E-state index contributed by atoms with van der Waals surface area (Å²) in [7, 11) is 0. The maximum Gasteiger partial charge on any atom is 0.115 e. The SMILES string of the molecule is C=C/C=N\C=N/C=C. The molecule has 0 aromatic heterocycles. The predicted octanol–water partition coefficient (Wildman–Crippen LogP) is 1.42. The zero-order chi connectivity index (χ0) is 6.24. The summed E-state index contributed by atoms with van der Waals surface area (Å²) < 4.78 is 0. The van der Waals surface area contributed by atoms with E-state index in [2.05, 4.69) is 23.1 Å². The summed E-state index contributed by atoms with van der Waals surface area (Å²) in [6.07, 6.45) is 5.94. The van der Waals surface area contributed by atoms with Crippen LogP contribution in [0.4, 0.5) is 0 Å². The zero-order valence-corrected chi connectivity index (χ0v) is 4.62. The summed E-state index contributed by atoms with van der Waals surface area (Å²) in [5, 5.41) is 0. The van der Waals surface area contributed by atoms with Gasteiger partial charge in [-0.1, -0.05) is 19.2 Å². The highest BCUT2D eigenvalue weighted by Gasteiger charge is 1.54. The van der Waals surface area contributed by atoms with Gasteiger partial charge in [-0.2, -0.15) is 0 Å². The second kappa shape index (κ2) is 5.82. The first-order valence-electron chi connectivity index (χ1n) is 2.18. The van der Waals surface area contributed by atoms with Gasteiger partial charge >= 0.3 is 0 Å². The first kappa shape index (κ1) is 6.82. The van der Waals surface area contributed by atoms with E-state index in [4.69, 9.17) is 0 Å². The molecular formula is C6H8N2. The van der Waals surface area contributed by atoms with E-state index in [-0.39, 0.29) is 0 Å². The van der Waals surface area contributed by atoms with Crippen molar-refractivity contribution in [3.63, 3.8) is 0 Å². The molecule has 0 atom stereocenters. The number of nitrogens with zero attached hydrogens (tertiary/aromatic N) is 2. The maximum absolute atomic E-state index is 3.67. The van der Waals surface area contributed by atoms with Crippen LogP contribution in [-0.4, -0.2) is 12.6 Å². The van der Waals surface area contributed by atoms with Crippen molar-refractivity contribution in [2.24, 2.45) is 9.98 Å². The van der Waals surface area contributed by atoms with Gasteiger partial charge in [0.25, 0.3) is 0 Å². The number of hydrogen-bond donors (Lipinski definition) is 0. The Morgan fingerprint density at radius 3 is 2.38 bits per heavy atom. The van der Waals surface area contributed by atoms with Gasteiger partial charge in [-0.25, -0.2) is 9.98 Å². The maximum atomic E-state index is 3.67. The molecule has 0 bridgehead atoms. The average molecular weight is 108 g/mol. The van der Waals surface area contributed by atoms with Gasteiger partial charge in [-0.15, -0.1) is 0 Å². The summed E-state index contributed by atoms with van der Waals surface area (Å²) in [4.78, 5) is 7.28. The summed E-state index contributed by atoms with van der Waals surface area (Å²) >= 11 is 0. The lowest BCUT2D eigenvalue weighted by Gasteiger charge is -1.68. The first-order chi connectivity index (χ1) is 3.91. The van der Waals surface area contributed by atoms with Gasteiger partial charge in [0, 0.05) is 12.4 Å². The minimum Gasteiger partial charge on any atom is -0.246 e. The normalized spacial score (nSPS) is 10.5. The molecule has 0 unspecified atom stereocenters. The molecule has 0 spiro atoms. The highest BCUT2D eigenvalue weighted by atomic mass is 14.8. The smallest absolute Gasteiger partial charge is 0.115 e. The molecule has 42 valence electrons. The Morgan fingerprint density at radius 2 is 1.88 bits per heavy atom. The van der Waals surface area contributed by atoms with E-state index in [1.54, 1.807) is 12.3 Å². The van der Waals surface area contributed by atoms with Crippen molar-refractivity contribution < 1.29 is 0 Å². The molecule has 0 heterocycles. The fourth-order valence-corrected chi connectivity index (χ4v) is 0.185. The van der Waals surface area contributed by atoms with E-state index in [0.29, 0.717) is 0 Å². The molecule has 0 aromatic rings. The highest BCUT2D eigenvalue weighted by Crippen LogP contribution is 1.64. The van der Waals surface area contributed by atoms with E-state index in [9.17, 15) is 0 Å². The molecule has 0 saturated carbocycles. The Bertz CT molecular complexity index is 106. The summed E-state index contributed by atoms with van der Waals surface area (Å²) in [6.45, 7) is 6.78. The molecule has 0 radical (unpaired) electrons. The second-order valence-electron chi connectivity index (χ2n) is 0.981. The topological polar surface area (TPSA) is 24.7 Å². The molecule has 8 heavy (non-hydrogen) atoms. The Kier molecular flexibility index (Phi) is 4.96. The van der Waals surface area contributed by atoms with Crippen molar-refractivity contribution in [1.82, 2.24) is 0 Å². The molecule has 0 aliphatic rings. The van der Waals surface area contributed by atoms with Gasteiger partial charge in [-0.05, 0) is 0 Å². The van der Waals surface area contributed by atoms with Crippen LogP contribution >= 0.6 is 0 Å². The van der Waals surface area contributed by atoms with Crippen LogP contribution in [0.5, 0.6) is 0 Å². The molecule has 2 nitrogen and oxygen atoms in total. The lowest BCUT2D eigenvalue weighted by molar-refractivity contribution is 1.58. The summed E-state index contributed by atoms with van der Waals surface area (Å²) in [6, 6.07) is 0. The summed E-state index contributed by atoms with van der Waals surface area (Å²) in [5.41, 5.74) is 0. The van der Waals surface area contributed by atoms with Crippen LogP contribution in [0.3, 0.4) is 0 Å². The van der Waals surface area contributed by atoms with Crippen LogP contribution in [0, 0.1) is 0 Å². The molecule has 0 saturated heterocycles. The fraction of sp³-hybridized carbons (Fsp3) is 0. The van der Waals surface area contributed by atoms with Crippen molar-refractivity contribution in [3.8, 4) is 0 Å². The van der Waals surface area contributed by atoms with Crippen molar-refractivity contribution in [1.29, 1.82) is 0 Å². The lowest BCUT2D eigenvalue weighted by Crippen LogP contribution is -1.63. The molecule has 0 amide bonds. The van der Waals surface area contributed by atoms with Gasteiger partial charge in [0.1, 0.15) is 6.34 Å². The van der Waals surface area contributed by atoms with Crippen LogP contribution < -0.4 is 0 Å². The molecule has 0 fully saturated rings. The van der Waals surface area contributed by atoms with E-state index in [0.717, 1.165) is 0 Å². The van der Waals surface area contributed by atoms with E-state index in [1.165, 1.54) is 12.5 Å². The van der Waals surface area contributed by atoms with E-state index in [1.807, 2.05) is 0 Å². The largest absolute Gasteiger partial charge is 0.246 e. The zero-order valence-electron chi connectivity index (χ0n) is 4.62. The van der Waals surface area contributed by atoms with Gasteiger partial charge in [0.05, 0.1) is 0 Å². The van der Waals surface area contributed by atoms with Gasteiger partial charge in [0.2, 0.25) is 0 Å². The third-order valence-corrected chi connectivity index (χ3v) is 0.430. The number of hydrogen-bond acceptors (Lipinski definition) is 1. The second-order valence-corrected chi connectivity index (χ2v) is 0.981. The van der Waals surface area contributed by atoms with E-state index < -0.39 is 0 Å². The molecule has 0 N–H and O–H groups in total. The van der Waals surface area contributed by atoms with Crippen molar-refractivity contribution in [2.75, 3.05) is 0 Å². The van der Waals surface area contributed by atoms with Crippen molar-refractivity contribution >= 4 is 12.6 Å². The molecule has 2 heteroatoms. The predicted molar refractivity (Wildman–Crippen MR) is 37.4 cm³/mol. The standard InChI is InChI=1S/C6H8N2/c1-3-5-8-6-7-4-2/h3-6H,1-2H2/b7-6-,8-5-. The molecule has 0 aliphatic heterocycles. The molecule has 0 rings (SSSR count). The quantitative estimate of drug-likeness (QED) is 0.386. The Labute approximate surface area is 49.0 Å². The molecule has 0 aromatic carbocycles. The summed E-state index contributed by atoms with van der Waals surface area (Å²) in [5.74, 6) is 0. The number of rotatable bonds is 3. The lowest BCUT2D eigenvalue weighted by atomic mass is 10.7. The fourth-order valence-electron chi connectivity index (χ4n) is 0.185. The van der Waals surface area contributed by atoms with Gasteiger partial charge in [-0.3, -0.25) is 0 Å². The third-order valence-electron chi connectivity index (χ3n) is 0.430. The van der Waals surface area contributed by atoms with Crippen LogP contribution in [0.2, 0.25) is 0 Å². The minimum absolute atomic E-state index is 1.40. The first-order valence-corrected chi connectivity index (χ1v) is 2.18. The van der Waals surface area contributed by atoms with Crippen LogP contribution in [0.1, 0.15) is 0 Å². The number of allylic oxidation sites excluding steroid dienone is 1. The van der Waals surface area contributed by atoms with Crippen LogP contribution in [0.25, 0.3) is 0 Å². The Morgan fingerprint density at radius 1 is 1.12 bits per heavy atom. The molecular weight excluding hydrogens is 100 g/mol. The van der Waals surface area contributed by atoms with Gasteiger partial charge in [0.15, 0.2) is 0 Å². The minimum atomic E-state index is 1.40. The molecule has 0 aliphatic carbocycles.